The molecule has 0 aromatic heterocycles. The summed E-state index contributed by atoms with van der Waals surface area (Å²) in [5, 5.41) is 11.5. The van der Waals surface area contributed by atoms with Gasteiger partial charge >= 0.3 is 5.97 Å². The summed E-state index contributed by atoms with van der Waals surface area (Å²) in [5.74, 6) is -2.19. The Hall–Kier alpha value is -2.48. The van der Waals surface area contributed by atoms with Crippen molar-refractivity contribution in [1.82, 2.24) is 10.2 Å². The highest BCUT2D eigenvalue weighted by molar-refractivity contribution is 5.86. The van der Waals surface area contributed by atoms with Crippen molar-refractivity contribution in [3.05, 3.63) is 35.6 Å². The minimum absolute atomic E-state index is 0.0374. The standard InChI is InChI=1S/C17H21FN2O5/c1-25-14-7-13(8-17(23)24)20(10-14)16(22)9-19-15(21)6-11-3-2-4-12(18)5-11/h2-5,13-14H,6-10H2,1H3,(H,19,21)(H,23,24). The summed E-state index contributed by atoms with van der Waals surface area (Å²) in [5.41, 5.74) is 0.509. The lowest BCUT2D eigenvalue weighted by atomic mass is 10.1. The van der Waals surface area contributed by atoms with Crippen LogP contribution < -0.4 is 5.32 Å². The Morgan fingerprint density at radius 1 is 1.40 bits per heavy atom. The van der Waals surface area contributed by atoms with Crippen molar-refractivity contribution in [3.8, 4) is 0 Å². The average molecular weight is 352 g/mol. The Morgan fingerprint density at radius 3 is 2.80 bits per heavy atom. The average Bonchev–Trinajstić information content (AvgIpc) is 2.95. The smallest absolute Gasteiger partial charge is 0.305 e. The zero-order chi connectivity index (χ0) is 18.4. The molecule has 7 nitrogen and oxygen atoms in total. The lowest BCUT2D eigenvalue weighted by molar-refractivity contribution is -0.140. The quantitative estimate of drug-likeness (QED) is 0.748. The third-order valence-corrected chi connectivity index (χ3v) is 4.13. The fraction of sp³-hybridized carbons (Fsp3) is 0.471. The SMILES string of the molecule is COC1CC(CC(=O)O)N(C(=O)CNC(=O)Cc2cccc(F)c2)C1. The second-order valence-electron chi connectivity index (χ2n) is 5.97. The van der Waals surface area contributed by atoms with E-state index in [1.165, 1.54) is 30.2 Å². The highest BCUT2D eigenvalue weighted by Crippen LogP contribution is 2.22. The summed E-state index contributed by atoms with van der Waals surface area (Å²) in [7, 11) is 1.51. The van der Waals surface area contributed by atoms with Crippen LogP contribution in [-0.4, -0.2) is 60.1 Å². The number of amides is 2. The van der Waals surface area contributed by atoms with Crippen molar-refractivity contribution in [2.75, 3.05) is 20.2 Å². The highest BCUT2D eigenvalue weighted by atomic mass is 19.1. The van der Waals surface area contributed by atoms with Crippen molar-refractivity contribution in [2.45, 2.75) is 31.4 Å². The van der Waals surface area contributed by atoms with Crippen LogP contribution in [0.15, 0.2) is 24.3 Å². The Bertz CT molecular complexity index is 652. The molecule has 25 heavy (non-hydrogen) atoms. The molecular formula is C17H21FN2O5. The number of nitrogens with one attached hydrogen (secondary N) is 1. The maximum atomic E-state index is 13.1. The Morgan fingerprint density at radius 2 is 2.16 bits per heavy atom. The van der Waals surface area contributed by atoms with E-state index in [-0.39, 0.29) is 31.4 Å². The van der Waals surface area contributed by atoms with E-state index in [1.54, 1.807) is 6.07 Å². The first kappa shape index (κ1) is 18.9. The molecule has 2 atom stereocenters. The molecule has 136 valence electrons. The number of benzene rings is 1. The van der Waals surface area contributed by atoms with E-state index in [1.807, 2.05) is 0 Å². The molecule has 2 unspecified atom stereocenters. The number of rotatable bonds is 7. The van der Waals surface area contributed by atoms with Gasteiger partial charge in [-0.15, -0.1) is 0 Å². The van der Waals surface area contributed by atoms with E-state index in [4.69, 9.17) is 9.84 Å². The Kier molecular flexibility index (Phi) is 6.46. The van der Waals surface area contributed by atoms with Crippen molar-refractivity contribution in [2.24, 2.45) is 0 Å². The van der Waals surface area contributed by atoms with Gasteiger partial charge in [-0.25, -0.2) is 4.39 Å². The molecule has 1 heterocycles. The van der Waals surface area contributed by atoms with Crippen LogP contribution in [0.25, 0.3) is 0 Å². The van der Waals surface area contributed by atoms with E-state index in [0.29, 0.717) is 18.5 Å². The van der Waals surface area contributed by atoms with Gasteiger partial charge in [0.25, 0.3) is 0 Å². The van der Waals surface area contributed by atoms with Crippen LogP contribution in [-0.2, 0) is 25.5 Å². The lowest BCUT2D eigenvalue weighted by Gasteiger charge is -2.23. The Balaban J connectivity index is 1.87. The summed E-state index contributed by atoms with van der Waals surface area (Å²) in [6.07, 6.45) is 0.0372. The van der Waals surface area contributed by atoms with Gasteiger partial charge in [-0.1, -0.05) is 12.1 Å². The zero-order valence-corrected chi connectivity index (χ0v) is 13.9. The largest absolute Gasteiger partial charge is 0.481 e. The normalized spacial score (nSPS) is 19.7. The van der Waals surface area contributed by atoms with Crippen LogP contribution >= 0.6 is 0 Å². The van der Waals surface area contributed by atoms with Gasteiger partial charge in [0.1, 0.15) is 5.82 Å². The van der Waals surface area contributed by atoms with Gasteiger partial charge in [0.15, 0.2) is 0 Å². The molecule has 8 heteroatoms. The minimum Gasteiger partial charge on any atom is -0.481 e. The van der Waals surface area contributed by atoms with Gasteiger partial charge in [0, 0.05) is 19.7 Å². The van der Waals surface area contributed by atoms with E-state index in [9.17, 15) is 18.8 Å². The number of carbonyl (C=O) groups is 3. The van der Waals surface area contributed by atoms with Gasteiger partial charge in [-0.3, -0.25) is 14.4 Å². The number of hydrogen-bond acceptors (Lipinski definition) is 4. The second-order valence-corrected chi connectivity index (χ2v) is 5.97. The number of likely N-dealkylation sites (tertiary alicyclic amines) is 1. The number of methoxy groups -OCH3 is 1. The molecule has 0 bridgehead atoms. The predicted octanol–water partition coefficient (Wildman–Crippen LogP) is 0.575. The van der Waals surface area contributed by atoms with Gasteiger partial charge in [0.05, 0.1) is 25.5 Å². The zero-order valence-electron chi connectivity index (χ0n) is 13.9. The summed E-state index contributed by atoms with van der Waals surface area (Å²) >= 11 is 0. The number of carboxylic acid groups (broad SMARTS) is 1. The molecule has 1 aliphatic rings. The van der Waals surface area contributed by atoms with Gasteiger partial charge in [-0.05, 0) is 24.1 Å². The molecule has 2 rings (SSSR count). The Labute approximate surface area is 144 Å². The van der Waals surface area contributed by atoms with E-state index in [2.05, 4.69) is 5.32 Å². The van der Waals surface area contributed by atoms with Gasteiger partial charge in [0.2, 0.25) is 11.8 Å². The molecule has 1 aromatic rings. The third kappa shape index (κ3) is 5.53. The van der Waals surface area contributed by atoms with Crippen LogP contribution in [0.3, 0.4) is 0 Å². The maximum Gasteiger partial charge on any atom is 0.305 e. The number of carboxylic acids is 1. The summed E-state index contributed by atoms with van der Waals surface area (Å²) in [6, 6.07) is 5.22. The fourth-order valence-corrected chi connectivity index (χ4v) is 2.92. The number of aliphatic carboxylic acids is 1. The van der Waals surface area contributed by atoms with Gasteiger partial charge in [-0.2, -0.15) is 0 Å². The molecular weight excluding hydrogens is 331 g/mol. The molecule has 2 amide bonds. The van der Waals surface area contributed by atoms with Crippen LogP contribution in [0, 0.1) is 5.82 Å². The van der Waals surface area contributed by atoms with Crippen molar-refractivity contribution >= 4 is 17.8 Å². The molecule has 0 aliphatic carbocycles. The molecule has 0 spiro atoms. The topological polar surface area (TPSA) is 95.9 Å². The lowest BCUT2D eigenvalue weighted by Crippen LogP contribution is -2.43. The number of ether oxygens (including phenoxy) is 1. The third-order valence-electron chi connectivity index (χ3n) is 4.13. The second kappa shape index (κ2) is 8.57. The number of carbonyl (C=O) groups excluding carboxylic acids is 2. The monoisotopic (exact) mass is 352 g/mol. The van der Waals surface area contributed by atoms with Crippen LogP contribution in [0.5, 0.6) is 0 Å². The van der Waals surface area contributed by atoms with Gasteiger partial charge < -0.3 is 20.1 Å². The maximum absolute atomic E-state index is 13.1. The van der Waals surface area contributed by atoms with Crippen molar-refractivity contribution in [3.63, 3.8) is 0 Å². The molecule has 0 radical (unpaired) electrons. The van der Waals surface area contributed by atoms with E-state index in [0.717, 1.165) is 0 Å². The highest BCUT2D eigenvalue weighted by Gasteiger charge is 2.36. The summed E-state index contributed by atoms with van der Waals surface area (Å²) in [6.45, 7) is 0.0632. The summed E-state index contributed by atoms with van der Waals surface area (Å²) in [4.78, 5) is 36.6. The van der Waals surface area contributed by atoms with Crippen LogP contribution in [0.2, 0.25) is 0 Å². The first-order chi connectivity index (χ1) is 11.9. The van der Waals surface area contributed by atoms with Crippen LogP contribution in [0.1, 0.15) is 18.4 Å². The predicted molar refractivity (Wildman–Crippen MR) is 86.3 cm³/mol. The van der Waals surface area contributed by atoms with Crippen molar-refractivity contribution in [1.29, 1.82) is 0 Å². The molecule has 0 saturated carbocycles. The van der Waals surface area contributed by atoms with Crippen LogP contribution in [0.4, 0.5) is 4.39 Å². The molecule has 1 fully saturated rings. The molecule has 1 aromatic carbocycles. The van der Waals surface area contributed by atoms with E-state index >= 15 is 0 Å². The number of halogens is 1. The molecule has 2 N–H and O–H groups in total. The number of nitrogens with zero attached hydrogens (tertiary/aromatic N) is 1. The molecule has 1 aliphatic heterocycles. The number of hydrogen-bond donors (Lipinski definition) is 2. The fourth-order valence-electron chi connectivity index (χ4n) is 2.92. The minimum atomic E-state index is -0.991. The first-order valence-corrected chi connectivity index (χ1v) is 7.94. The molecule has 1 saturated heterocycles. The van der Waals surface area contributed by atoms with Crippen molar-refractivity contribution < 1.29 is 28.6 Å². The first-order valence-electron chi connectivity index (χ1n) is 7.94. The summed E-state index contributed by atoms with van der Waals surface area (Å²) < 4.78 is 18.3. The van der Waals surface area contributed by atoms with E-state index < -0.39 is 23.7 Å².